The Balaban J connectivity index is 1.56. The van der Waals surface area contributed by atoms with Gasteiger partial charge in [-0.3, -0.25) is 9.59 Å². The number of carbonyl (C=O) groups is 2. The summed E-state index contributed by atoms with van der Waals surface area (Å²) in [5.74, 6) is -1.36. The highest BCUT2D eigenvalue weighted by atomic mass is 32.2. The molecule has 0 aliphatic heterocycles. The Hall–Kier alpha value is -3.41. The van der Waals surface area contributed by atoms with Crippen LogP contribution < -0.4 is 10.6 Å². The lowest BCUT2D eigenvalue weighted by atomic mass is 10.2. The van der Waals surface area contributed by atoms with Gasteiger partial charge in [-0.25, -0.2) is 4.39 Å². The Kier molecular flexibility index (Phi) is 7.36. The number of aromatic nitrogens is 3. The number of alkyl halides is 3. The number of amides is 2. The Morgan fingerprint density at radius 1 is 1.09 bits per heavy atom. The molecule has 7 nitrogen and oxygen atoms in total. The van der Waals surface area contributed by atoms with Crippen molar-refractivity contribution in [2.75, 3.05) is 11.1 Å². The van der Waals surface area contributed by atoms with E-state index in [-0.39, 0.29) is 17.0 Å². The van der Waals surface area contributed by atoms with Gasteiger partial charge in [-0.15, -0.1) is 10.2 Å². The number of nitrogens with one attached hydrogen (secondary N) is 2. The van der Waals surface area contributed by atoms with Crippen molar-refractivity contribution in [2.24, 2.45) is 7.05 Å². The summed E-state index contributed by atoms with van der Waals surface area (Å²) in [7, 11) is 1.65. The molecule has 3 aromatic rings. The predicted octanol–water partition coefficient (Wildman–Crippen LogP) is 4.19. The summed E-state index contributed by atoms with van der Waals surface area (Å²) < 4.78 is 53.2. The number of carbonyl (C=O) groups excluding carboxylic acids is 2. The molecule has 1 atom stereocenters. The van der Waals surface area contributed by atoms with Crippen LogP contribution in [-0.2, 0) is 18.0 Å². The molecule has 0 bridgehead atoms. The molecule has 0 radical (unpaired) electrons. The van der Waals surface area contributed by atoms with E-state index < -0.39 is 35.4 Å². The second kappa shape index (κ2) is 10.0. The van der Waals surface area contributed by atoms with E-state index in [4.69, 9.17) is 0 Å². The van der Waals surface area contributed by atoms with Gasteiger partial charge in [-0.2, -0.15) is 13.2 Å². The van der Waals surface area contributed by atoms with Crippen molar-refractivity contribution in [2.45, 2.75) is 24.3 Å². The number of hydrogen-bond acceptors (Lipinski definition) is 5. The van der Waals surface area contributed by atoms with Crippen molar-refractivity contribution in [1.82, 2.24) is 20.1 Å². The van der Waals surface area contributed by atoms with Crippen LogP contribution in [0.1, 0.15) is 34.7 Å². The van der Waals surface area contributed by atoms with Gasteiger partial charge in [0.15, 0.2) is 11.0 Å². The molecule has 3 rings (SSSR count). The lowest BCUT2D eigenvalue weighted by molar-refractivity contribution is -0.137. The lowest BCUT2D eigenvalue weighted by Gasteiger charge is -2.14. The molecule has 33 heavy (non-hydrogen) atoms. The van der Waals surface area contributed by atoms with Crippen LogP contribution in [0.15, 0.2) is 53.7 Å². The summed E-state index contributed by atoms with van der Waals surface area (Å²) >= 11 is 1.06. The van der Waals surface area contributed by atoms with Crippen LogP contribution in [0.4, 0.5) is 23.2 Å². The molecule has 174 valence electrons. The fraction of sp³-hybridized carbons (Fsp3) is 0.238. The predicted molar refractivity (Wildman–Crippen MR) is 114 cm³/mol. The quantitative estimate of drug-likeness (QED) is 0.390. The molecule has 2 amide bonds. The van der Waals surface area contributed by atoms with Gasteiger partial charge in [0.1, 0.15) is 5.82 Å². The molecule has 2 aromatic carbocycles. The summed E-state index contributed by atoms with van der Waals surface area (Å²) in [4.78, 5) is 24.5. The Bertz CT molecular complexity index is 1150. The third kappa shape index (κ3) is 6.09. The van der Waals surface area contributed by atoms with E-state index in [0.29, 0.717) is 11.0 Å². The summed E-state index contributed by atoms with van der Waals surface area (Å²) in [6.07, 6.45) is -4.45. The molecule has 0 saturated carbocycles. The van der Waals surface area contributed by atoms with Crippen molar-refractivity contribution in [1.29, 1.82) is 0 Å². The van der Waals surface area contributed by atoms with Crippen LogP contribution in [0.5, 0.6) is 0 Å². The maximum Gasteiger partial charge on any atom is 0.416 e. The highest BCUT2D eigenvalue weighted by Gasteiger charge is 2.30. The normalized spacial score (nSPS) is 12.3. The number of rotatable bonds is 7. The van der Waals surface area contributed by atoms with Crippen molar-refractivity contribution >= 4 is 29.3 Å². The van der Waals surface area contributed by atoms with E-state index in [0.717, 1.165) is 23.9 Å². The van der Waals surface area contributed by atoms with Crippen LogP contribution in [0.2, 0.25) is 0 Å². The Morgan fingerprint density at radius 2 is 1.76 bits per heavy atom. The fourth-order valence-corrected chi connectivity index (χ4v) is 3.60. The van der Waals surface area contributed by atoms with Gasteiger partial charge in [0.2, 0.25) is 5.91 Å². The number of anilines is 1. The third-order valence-electron chi connectivity index (χ3n) is 4.55. The van der Waals surface area contributed by atoms with Gasteiger partial charge < -0.3 is 15.2 Å². The summed E-state index contributed by atoms with van der Waals surface area (Å²) in [6, 6.07) is 9.10. The summed E-state index contributed by atoms with van der Waals surface area (Å²) in [5.41, 5.74) is -0.671. The lowest BCUT2D eigenvalue weighted by Crippen LogP contribution is -2.29. The maximum atomic E-state index is 13.8. The second-order valence-corrected chi connectivity index (χ2v) is 7.93. The summed E-state index contributed by atoms with van der Waals surface area (Å²) in [6.45, 7) is 1.66. The van der Waals surface area contributed by atoms with Gasteiger partial charge in [0.05, 0.1) is 22.9 Å². The van der Waals surface area contributed by atoms with Crippen molar-refractivity contribution in [3.63, 3.8) is 0 Å². The van der Waals surface area contributed by atoms with Gasteiger partial charge in [-0.1, -0.05) is 23.9 Å². The molecule has 1 heterocycles. The molecule has 12 heteroatoms. The highest BCUT2D eigenvalue weighted by molar-refractivity contribution is 7.99. The van der Waals surface area contributed by atoms with E-state index in [1.165, 1.54) is 30.3 Å². The third-order valence-corrected chi connectivity index (χ3v) is 5.57. The van der Waals surface area contributed by atoms with Crippen molar-refractivity contribution in [3.8, 4) is 0 Å². The van der Waals surface area contributed by atoms with E-state index in [9.17, 15) is 27.2 Å². The van der Waals surface area contributed by atoms with Crippen LogP contribution in [0.3, 0.4) is 0 Å². The zero-order valence-corrected chi connectivity index (χ0v) is 18.3. The molecule has 0 saturated heterocycles. The number of hydrogen-bond donors (Lipinski definition) is 2. The molecule has 0 aliphatic carbocycles. The minimum absolute atomic E-state index is 0.0665. The first-order chi connectivity index (χ1) is 15.6. The number of thioether (sulfide) groups is 1. The van der Waals surface area contributed by atoms with Gasteiger partial charge in [0, 0.05) is 12.7 Å². The number of benzene rings is 2. The van der Waals surface area contributed by atoms with E-state index >= 15 is 0 Å². The van der Waals surface area contributed by atoms with E-state index in [1.807, 2.05) is 0 Å². The van der Waals surface area contributed by atoms with E-state index in [1.54, 1.807) is 24.6 Å². The van der Waals surface area contributed by atoms with Crippen LogP contribution in [0.25, 0.3) is 0 Å². The second-order valence-electron chi connectivity index (χ2n) is 6.99. The van der Waals surface area contributed by atoms with Gasteiger partial charge >= 0.3 is 6.18 Å². The van der Waals surface area contributed by atoms with Crippen LogP contribution in [0, 0.1) is 5.82 Å². The number of halogens is 4. The Labute approximate surface area is 190 Å². The minimum atomic E-state index is -4.45. The SMILES string of the molecule is C[C@H](NC(=O)c1ccccc1F)c1nnc(SCC(=O)Nc2ccc(C(F)(F)F)cc2)n1C. The topological polar surface area (TPSA) is 88.9 Å². The first-order valence-corrected chi connectivity index (χ1v) is 10.6. The standard InChI is InChI=1S/C21H19F4N5O2S/c1-12(26-19(32)15-5-3-4-6-16(15)22)18-28-29-20(30(18)2)33-11-17(31)27-14-9-7-13(8-10-14)21(23,24)25/h3-10,12H,11H2,1-2H3,(H,26,32)(H,27,31)/t12-/m0/s1. The van der Waals surface area contributed by atoms with Crippen LogP contribution >= 0.6 is 11.8 Å². The number of nitrogens with zero attached hydrogens (tertiary/aromatic N) is 3. The zero-order chi connectivity index (χ0) is 24.2. The fourth-order valence-electron chi connectivity index (χ4n) is 2.88. The van der Waals surface area contributed by atoms with Crippen molar-refractivity contribution < 1.29 is 27.2 Å². The first-order valence-electron chi connectivity index (χ1n) is 9.61. The molecule has 0 spiro atoms. The van der Waals surface area contributed by atoms with Gasteiger partial charge in [-0.05, 0) is 43.3 Å². The monoisotopic (exact) mass is 481 g/mol. The minimum Gasteiger partial charge on any atom is -0.342 e. The maximum absolute atomic E-state index is 13.8. The molecule has 0 aliphatic rings. The smallest absolute Gasteiger partial charge is 0.342 e. The molecular weight excluding hydrogens is 462 g/mol. The van der Waals surface area contributed by atoms with Crippen LogP contribution in [-0.4, -0.2) is 32.3 Å². The first kappa shape index (κ1) is 24.2. The largest absolute Gasteiger partial charge is 0.416 e. The van der Waals surface area contributed by atoms with Crippen molar-refractivity contribution in [3.05, 3.63) is 71.3 Å². The average Bonchev–Trinajstić information content (AvgIpc) is 3.12. The molecular formula is C21H19F4N5O2S. The molecule has 0 fully saturated rings. The average molecular weight is 481 g/mol. The molecule has 1 aromatic heterocycles. The van der Waals surface area contributed by atoms with E-state index in [2.05, 4.69) is 20.8 Å². The zero-order valence-electron chi connectivity index (χ0n) is 17.5. The summed E-state index contributed by atoms with van der Waals surface area (Å²) in [5, 5.41) is 13.6. The van der Waals surface area contributed by atoms with Gasteiger partial charge in [0.25, 0.3) is 5.91 Å². The molecule has 0 unspecified atom stereocenters. The Morgan fingerprint density at radius 3 is 2.39 bits per heavy atom. The highest BCUT2D eigenvalue weighted by Crippen LogP contribution is 2.30. The molecule has 2 N–H and O–H groups in total.